The molecule has 3 rings (SSSR count). The number of carbonyl (C=O) groups is 1. The molecule has 1 N–H and O–H groups in total. The van der Waals surface area contributed by atoms with Crippen LogP contribution in [0.5, 0.6) is 0 Å². The lowest BCUT2D eigenvalue weighted by molar-refractivity contribution is -0.157. The predicted octanol–water partition coefficient (Wildman–Crippen LogP) is 1.38. The second-order valence-electron chi connectivity index (χ2n) is 5.96. The molecule has 0 amide bonds. The van der Waals surface area contributed by atoms with Crippen molar-refractivity contribution in [2.75, 3.05) is 32.8 Å². The Bertz CT molecular complexity index is 482. The van der Waals surface area contributed by atoms with Crippen LogP contribution in [0.15, 0.2) is 24.3 Å². The molecule has 0 bridgehead atoms. The molecule has 21 heavy (non-hydrogen) atoms. The van der Waals surface area contributed by atoms with E-state index in [9.17, 15) is 4.79 Å². The van der Waals surface area contributed by atoms with Crippen LogP contribution in [-0.4, -0.2) is 49.2 Å². The van der Waals surface area contributed by atoms with Crippen LogP contribution in [-0.2, 0) is 22.4 Å². The molecule has 1 aliphatic carbocycles. The largest absolute Gasteiger partial charge is 0.465 e. The van der Waals surface area contributed by atoms with Crippen LogP contribution in [0.2, 0.25) is 0 Å². The second-order valence-corrected chi connectivity index (χ2v) is 5.96. The van der Waals surface area contributed by atoms with E-state index in [4.69, 9.17) is 4.74 Å². The van der Waals surface area contributed by atoms with Crippen LogP contribution in [0.1, 0.15) is 24.5 Å². The van der Waals surface area contributed by atoms with Gasteiger partial charge in [-0.2, -0.15) is 0 Å². The van der Waals surface area contributed by atoms with Crippen molar-refractivity contribution in [3.8, 4) is 0 Å². The Labute approximate surface area is 126 Å². The van der Waals surface area contributed by atoms with Crippen molar-refractivity contribution in [3.05, 3.63) is 35.4 Å². The first-order chi connectivity index (χ1) is 10.3. The lowest BCUT2D eigenvalue weighted by Gasteiger charge is -2.38. The highest BCUT2D eigenvalue weighted by molar-refractivity contribution is 5.83. The zero-order valence-corrected chi connectivity index (χ0v) is 12.7. The molecule has 2 aliphatic rings. The van der Waals surface area contributed by atoms with E-state index < -0.39 is 5.54 Å². The molecule has 0 saturated carbocycles. The normalized spacial score (nSPS) is 21.6. The average molecular weight is 288 g/mol. The van der Waals surface area contributed by atoms with Crippen LogP contribution < -0.4 is 5.32 Å². The maximum atomic E-state index is 12.8. The molecule has 0 radical (unpaired) electrons. The third-order valence-electron chi connectivity index (χ3n) is 4.68. The van der Waals surface area contributed by atoms with E-state index in [1.54, 1.807) is 0 Å². The summed E-state index contributed by atoms with van der Waals surface area (Å²) in [6.45, 7) is 6.17. The zero-order chi connectivity index (χ0) is 14.7. The first kappa shape index (κ1) is 14.5. The maximum Gasteiger partial charge on any atom is 0.327 e. The van der Waals surface area contributed by atoms with Crippen molar-refractivity contribution in [2.24, 2.45) is 0 Å². The van der Waals surface area contributed by atoms with Crippen molar-refractivity contribution in [2.45, 2.75) is 31.7 Å². The van der Waals surface area contributed by atoms with Gasteiger partial charge in [-0.25, -0.2) is 0 Å². The van der Waals surface area contributed by atoms with E-state index in [2.05, 4.69) is 34.5 Å². The van der Waals surface area contributed by atoms with E-state index in [1.807, 2.05) is 6.92 Å². The summed E-state index contributed by atoms with van der Waals surface area (Å²) in [5, 5.41) is 3.42. The molecule has 1 aromatic carbocycles. The smallest absolute Gasteiger partial charge is 0.327 e. The number of fused-ring (bicyclic) bond motifs is 1. The Morgan fingerprint density at radius 2 is 1.95 bits per heavy atom. The number of nitrogens with one attached hydrogen (secondary N) is 1. The minimum Gasteiger partial charge on any atom is -0.465 e. The molecular formula is C17H24N2O2. The summed E-state index contributed by atoms with van der Waals surface area (Å²) >= 11 is 0. The van der Waals surface area contributed by atoms with Crippen LogP contribution in [0, 0.1) is 0 Å². The summed E-state index contributed by atoms with van der Waals surface area (Å²) in [5.41, 5.74) is 2.09. The molecule has 0 aromatic heterocycles. The van der Waals surface area contributed by atoms with Crippen LogP contribution in [0.4, 0.5) is 0 Å². The van der Waals surface area contributed by atoms with Gasteiger partial charge < -0.3 is 10.1 Å². The number of carbonyl (C=O) groups excluding carboxylic acids is 1. The molecule has 0 atom stereocenters. The summed E-state index contributed by atoms with van der Waals surface area (Å²) in [7, 11) is 0. The first-order valence-electron chi connectivity index (χ1n) is 7.96. The fraction of sp³-hybridized carbons (Fsp3) is 0.588. The fourth-order valence-electron chi connectivity index (χ4n) is 3.63. The van der Waals surface area contributed by atoms with Gasteiger partial charge in [-0.05, 0) is 31.0 Å². The van der Waals surface area contributed by atoms with Gasteiger partial charge in [0, 0.05) is 32.5 Å². The highest BCUT2D eigenvalue weighted by Crippen LogP contribution is 2.36. The fourth-order valence-corrected chi connectivity index (χ4v) is 3.63. The van der Waals surface area contributed by atoms with Gasteiger partial charge in [0.15, 0.2) is 0 Å². The van der Waals surface area contributed by atoms with Gasteiger partial charge in [-0.3, -0.25) is 9.69 Å². The molecule has 114 valence electrons. The summed E-state index contributed by atoms with van der Waals surface area (Å²) in [6, 6.07) is 8.41. The highest BCUT2D eigenvalue weighted by Gasteiger charge is 2.49. The molecule has 1 heterocycles. The number of nitrogens with zero attached hydrogens (tertiary/aromatic N) is 1. The van der Waals surface area contributed by atoms with Crippen LogP contribution in [0.25, 0.3) is 0 Å². The summed E-state index contributed by atoms with van der Waals surface area (Å²) in [5.74, 6) is -0.0527. The molecule has 1 aliphatic heterocycles. The van der Waals surface area contributed by atoms with Gasteiger partial charge in [0.2, 0.25) is 0 Å². The Morgan fingerprint density at radius 1 is 1.24 bits per heavy atom. The van der Waals surface area contributed by atoms with Gasteiger partial charge >= 0.3 is 5.97 Å². The molecule has 0 spiro atoms. The van der Waals surface area contributed by atoms with Gasteiger partial charge in [0.25, 0.3) is 0 Å². The van der Waals surface area contributed by atoms with Crippen LogP contribution in [0.3, 0.4) is 0 Å². The topological polar surface area (TPSA) is 41.6 Å². The third kappa shape index (κ3) is 2.70. The lowest BCUT2D eigenvalue weighted by atomic mass is 9.92. The standard InChI is InChI=1S/C17H24N2O2/c1-2-21-16(20)17(19-10-5-8-18-9-11-19)12-14-6-3-4-7-15(14)13-17/h3-4,6-7,18H,2,5,8-13H2,1H3. The monoisotopic (exact) mass is 288 g/mol. The molecule has 0 unspecified atom stereocenters. The van der Waals surface area contributed by atoms with Crippen molar-refractivity contribution in [1.29, 1.82) is 0 Å². The maximum absolute atomic E-state index is 12.8. The number of ether oxygens (including phenoxy) is 1. The average Bonchev–Trinajstić information content (AvgIpc) is 2.68. The van der Waals surface area contributed by atoms with Crippen molar-refractivity contribution in [1.82, 2.24) is 10.2 Å². The lowest BCUT2D eigenvalue weighted by Crippen LogP contribution is -2.57. The number of benzene rings is 1. The third-order valence-corrected chi connectivity index (χ3v) is 4.68. The van der Waals surface area contributed by atoms with E-state index in [0.717, 1.165) is 45.4 Å². The summed E-state index contributed by atoms with van der Waals surface area (Å²) in [6.07, 6.45) is 2.64. The molecule has 4 nitrogen and oxygen atoms in total. The van der Waals surface area contributed by atoms with E-state index in [1.165, 1.54) is 11.1 Å². The molecule has 1 aromatic rings. The SMILES string of the molecule is CCOC(=O)C1(N2CCCNCC2)Cc2ccccc2C1. The van der Waals surface area contributed by atoms with Gasteiger partial charge in [0.05, 0.1) is 6.61 Å². The number of rotatable bonds is 3. The summed E-state index contributed by atoms with van der Waals surface area (Å²) in [4.78, 5) is 15.1. The zero-order valence-electron chi connectivity index (χ0n) is 12.7. The Morgan fingerprint density at radius 3 is 2.62 bits per heavy atom. The quantitative estimate of drug-likeness (QED) is 0.853. The number of hydrogen-bond acceptors (Lipinski definition) is 4. The second kappa shape index (κ2) is 6.16. The van der Waals surface area contributed by atoms with E-state index in [-0.39, 0.29) is 5.97 Å². The van der Waals surface area contributed by atoms with Crippen molar-refractivity contribution >= 4 is 5.97 Å². The molecular weight excluding hydrogens is 264 g/mol. The Balaban J connectivity index is 1.91. The van der Waals surface area contributed by atoms with Crippen molar-refractivity contribution < 1.29 is 9.53 Å². The van der Waals surface area contributed by atoms with Crippen molar-refractivity contribution in [3.63, 3.8) is 0 Å². The van der Waals surface area contributed by atoms with E-state index >= 15 is 0 Å². The van der Waals surface area contributed by atoms with Gasteiger partial charge in [-0.15, -0.1) is 0 Å². The minimum atomic E-state index is -0.494. The molecule has 1 saturated heterocycles. The summed E-state index contributed by atoms with van der Waals surface area (Å²) < 4.78 is 5.45. The first-order valence-corrected chi connectivity index (χ1v) is 7.96. The Kier molecular flexibility index (Phi) is 4.27. The van der Waals surface area contributed by atoms with Gasteiger partial charge in [0.1, 0.15) is 5.54 Å². The van der Waals surface area contributed by atoms with Gasteiger partial charge in [-0.1, -0.05) is 24.3 Å². The van der Waals surface area contributed by atoms with E-state index in [0.29, 0.717) is 6.61 Å². The predicted molar refractivity (Wildman–Crippen MR) is 82.3 cm³/mol. The highest BCUT2D eigenvalue weighted by atomic mass is 16.5. The number of esters is 1. The molecule has 4 heteroatoms. The molecule has 1 fully saturated rings. The Hall–Kier alpha value is -1.39. The van der Waals surface area contributed by atoms with Crippen LogP contribution >= 0.6 is 0 Å². The number of hydrogen-bond donors (Lipinski definition) is 1. The minimum absolute atomic E-state index is 0.0527.